The van der Waals surface area contributed by atoms with Crippen LogP contribution in [0.4, 0.5) is 8.78 Å². The summed E-state index contributed by atoms with van der Waals surface area (Å²) in [6.07, 6.45) is -1.89. The Hall–Kier alpha value is -0.380. The second kappa shape index (κ2) is 6.26. The highest BCUT2D eigenvalue weighted by molar-refractivity contribution is 6.18. The van der Waals surface area contributed by atoms with Crippen molar-refractivity contribution in [2.45, 2.75) is 33.6 Å². The molecule has 5 heteroatoms. The second-order valence-electron chi connectivity index (χ2n) is 4.07. The number of halogens is 3. The Bertz CT molecular complexity index is 210. The van der Waals surface area contributed by atoms with Gasteiger partial charge in [-0.2, -0.15) is 0 Å². The van der Waals surface area contributed by atoms with Crippen molar-refractivity contribution in [1.82, 2.24) is 4.90 Å². The van der Waals surface area contributed by atoms with Crippen LogP contribution in [0.25, 0.3) is 0 Å². The normalized spacial score (nSPS) is 11.9. The molecule has 0 saturated heterocycles. The molecule has 0 saturated carbocycles. The third kappa shape index (κ3) is 4.78. The fraction of sp³-hybridized carbons (Fsp3) is 0.900. The van der Waals surface area contributed by atoms with E-state index in [1.807, 2.05) is 6.92 Å². The second-order valence-corrected chi connectivity index (χ2v) is 4.45. The average molecular weight is 242 g/mol. The molecule has 0 bridgehead atoms. The van der Waals surface area contributed by atoms with E-state index >= 15 is 0 Å². The van der Waals surface area contributed by atoms with Crippen molar-refractivity contribution in [3.05, 3.63) is 0 Å². The smallest absolute Gasteiger partial charge is 0.255 e. The van der Waals surface area contributed by atoms with Crippen molar-refractivity contribution in [3.63, 3.8) is 0 Å². The SMILES string of the molecule is CCC(C)(C)C(=O)N(CCCl)CC(F)F. The molecule has 0 aromatic carbocycles. The molecule has 0 rings (SSSR count). The average Bonchev–Trinajstić information content (AvgIpc) is 2.15. The summed E-state index contributed by atoms with van der Waals surface area (Å²) in [6, 6.07) is 0. The zero-order chi connectivity index (χ0) is 12.1. The molecule has 0 N–H and O–H groups in total. The molecule has 0 spiro atoms. The molecule has 0 fully saturated rings. The molecule has 0 aliphatic rings. The number of hydrogen-bond donors (Lipinski definition) is 0. The first-order valence-corrected chi connectivity index (χ1v) is 5.52. The van der Waals surface area contributed by atoms with Gasteiger partial charge in [0.25, 0.3) is 6.43 Å². The van der Waals surface area contributed by atoms with Gasteiger partial charge in [-0.1, -0.05) is 20.8 Å². The van der Waals surface area contributed by atoms with Gasteiger partial charge < -0.3 is 4.90 Å². The fourth-order valence-electron chi connectivity index (χ4n) is 1.12. The van der Waals surface area contributed by atoms with E-state index in [9.17, 15) is 13.6 Å². The lowest BCUT2D eigenvalue weighted by molar-refractivity contribution is -0.142. The van der Waals surface area contributed by atoms with Gasteiger partial charge in [0.15, 0.2) is 0 Å². The van der Waals surface area contributed by atoms with Crippen molar-refractivity contribution in [2.24, 2.45) is 5.41 Å². The molecule has 2 nitrogen and oxygen atoms in total. The van der Waals surface area contributed by atoms with Gasteiger partial charge in [-0.25, -0.2) is 8.78 Å². The van der Waals surface area contributed by atoms with Crippen LogP contribution in [-0.2, 0) is 4.79 Å². The van der Waals surface area contributed by atoms with Crippen molar-refractivity contribution < 1.29 is 13.6 Å². The van der Waals surface area contributed by atoms with Crippen LogP contribution in [0, 0.1) is 5.41 Å². The van der Waals surface area contributed by atoms with E-state index in [0.717, 1.165) is 4.90 Å². The number of hydrogen-bond acceptors (Lipinski definition) is 1. The summed E-state index contributed by atoms with van der Waals surface area (Å²) >= 11 is 5.48. The van der Waals surface area contributed by atoms with Crippen molar-refractivity contribution in [3.8, 4) is 0 Å². The Balaban J connectivity index is 4.54. The Morgan fingerprint density at radius 3 is 2.33 bits per heavy atom. The maximum atomic E-state index is 12.2. The van der Waals surface area contributed by atoms with Crippen LogP contribution in [0.1, 0.15) is 27.2 Å². The molecule has 90 valence electrons. The third-order valence-corrected chi connectivity index (χ3v) is 2.63. The number of amides is 1. The summed E-state index contributed by atoms with van der Waals surface area (Å²) in [4.78, 5) is 13.0. The van der Waals surface area contributed by atoms with Crippen molar-refractivity contribution in [1.29, 1.82) is 0 Å². The maximum Gasteiger partial charge on any atom is 0.255 e. The molecule has 0 aromatic heterocycles. The Morgan fingerprint density at radius 2 is 2.00 bits per heavy atom. The Labute approximate surface area is 94.6 Å². The zero-order valence-electron chi connectivity index (χ0n) is 9.40. The van der Waals surface area contributed by atoms with E-state index in [2.05, 4.69) is 0 Å². The van der Waals surface area contributed by atoms with Crippen LogP contribution in [0.2, 0.25) is 0 Å². The summed E-state index contributed by atoms with van der Waals surface area (Å²) in [5.74, 6) is -0.0796. The van der Waals surface area contributed by atoms with Gasteiger partial charge in [-0.3, -0.25) is 4.79 Å². The molecule has 0 radical (unpaired) electrons. The van der Waals surface area contributed by atoms with Crippen LogP contribution in [-0.4, -0.2) is 36.2 Å². The summed E-state index contributed by atoms with van der Waals surface area (Å²) in [5, 5.41) is 0. The first-order chi connectivity index (χ1) is 6.85. The molecular weight excluding hydrogens is 224 g/mol. The number of carbonyl (C=O) groups excluding carboxylic acids is 1. The van der Waals surface area contributed by atoms with E-state index in [1.165, 1.54) is 0 Å². The minimum absolute atomic E-state index is 0.175. The lowest BCUT2D eigenvalue weighted by Gasteiger charge is -2.30. The lowest BCUT2D eigenvalue weighted by Crippen LogP contribution is -2.44. The standard InChI is InChI=1S/C10H18ClF2NO/c1-4-10(2,3)9(15)14(6-5-11)7-8(12)13/h8H,4-7H2,1-3H3. The molecule has 1 amide bonds. The van der Waals surface area contributed by atoms with Gasteiger partial charge in [-0.05, 0) is 6.42 Å². The monoisotopic (exact) mass is 241 g/mol. The van der Waals surface area contributed by atoms with E-state index in [1.54, 1.807) is 13.8 Å². The predicted octanol–water partition coefficient (Wildman–Crippen LogP) is 2.76. The molecule has 15 heavy (non-hydrogen) atoms. The highest BCUT2D eigenvalue weighted by Gasteiger charge is 2.31. The highest BCUT2D eigenvalue weighted by Crippen LogP contribution is 2.23. The van der Waals surface area contributed by atoms with E-state index < -0.39 is 18.4 Å². The predicted molar refractivity (Wildman–Crippen MR) is 57.4 cm³/mol. The topological polar surface area (TPSA) is 20.3 Å². The highest BCUT2D eigenvalue weighted by atomic mass is 35.5. The molecule has 0 atom stereocenters. The maximum absolute atomic E-state index is 12.2. The molecule has 0 aliphatic carbocycles. The van der Waals surface area contributed by atoms with Crippen LogP contribution in [0.5, 0.6) is 0 Å². The number of alkyl halides is 3. The quantitative estimate of drug-likeness (QED) is 0.655. The minimum atomic E-state index is -2.51. The number of nitrogens with zero attached hydrogens (tertiary/aromatic N) is 1. The van der Waals surface area contributed by atoms with Gasteiger partial charge in [0.1, 0.15) is 0 Å². The summed E-state index contributed by atoms with van der Waals surface area (Å²) in [5.41, 5.74) is -0.596. The number of carbonyl (C=O) groups is 1. The van der Waals surface area contributed by atoms with Crippen LogP contribution in [0.15, 0.2) is 0 Å². The Morgan fingerprint density at radius 1 is 1.47 bits per heavy atom. The zero-order valence-corrected chi connectivity index (χ0v) is 10.2. The number of rotatable bonds is 6. The molecule has 0 aromatic rings. The molecular formula is C10H18ClF2NO. The van der Waals surface area contributed by atoms with E-state index in [4.69, 9.17) is 11.6 Å². The first-order valence-electron chi connectivity index (χ1n) is 4.98. The molecule has 0 aliphatic heterocycles. The van der Waals surface area contributed by atoms with Crippen LogP contribution in [0.3, 0.4) is 0 Å². The van der Waals surface area contributed by atoms with Crippen LogP contribution >= 0.6 is 11.6 Å². The summed E-state index contributed by atoms with van der Waals surface area (Å²) < 4.78 is 24.4. The lowest BCUT2D eigenvalue weighted by atomic mass is 9.88. The van der Waals surface area contributed by atoms with Crippen molar-refractivity contribution in [2.75, 3.05) is 19.0 Å². The minimum Gasteiger partial charge on any atom is -0.335 e. The summed E-state index contributed by atoms with van der Waals surface area (Å²) in [6.45, 7) is 5.01. The summed E-state index contributed by atoms with van der Waals surface area (Å²) in [7, 11) is 0. The largest absolute Gasteiger partial charge is 0.335 e. The van der Waals surface area contributed by atoms with Gasteiger partial charge in [0.05, 0.1) is 6.54 Å². The van der Waals surface area contributed by atoms with Gasteiger partial charge >= 0.3 is 0 Å². The third-order valence-electron chi connectivity index (χ3n) is 2.46. The van der Waals surface area contributed by atoms with E-state index in [-0.39, 0.29) is 18.3 Å². The fourth-order valence-corrected chi connectivity index (χ4v) is 1.33. The molecule has 0 unspecified atom stereocenters. The van der Waals surface area contributed by atoms with Gasteiger partial charge in [0, 0.05) is 17.8 Å². The van der Waals surface area contributed by atoms with Gasteiger partial charge in [0.2, 0.25) is 5.91 Å². The Kier molecular flexibility index (Phi) is 6.10. The van der Waals surface area contributed by atoms with E-state index in [0.29, 0.717) is 6.42 Å². The van der Waals surface area contributed by atoms with Crippen molar-refractivity contribution >= 4 is 17.5 Å². The van der Waals surface area contributed by atoms with Crippen LogP contribution < -0.4 is 0 Å². The molecule has 0 heterocycles. The first kappa shape index (κ1) is 14.6. The van der Waals surface area contributed by atoms with Gasteiger partial charge in [-0.15, -0.1) is 11.6 Å².